The Hall–Kier alpha value is -2.26. The van der Waals surface area contributed by atoms with Crippen LogP contribution in [0.5, 0.6) is 5.75 Å². The minimum atomic E-state index is -0.146. The molecule has 4 heteroatoms. The molecule has 3 aromatic rings. The van der Waals surface area contributed by atoms with Crippen molar-refractivity contribution in [2.24, 2.45) is 0 Å². The van der Waals surface area contributed by atoms with Crippen LogP contribution in [0.15, 0.2) is 51.7 Å². The molecule has 0 aliphatic carbocycles. The van der Waals surface area contributed by atoms with Crippen LogP contribution in [0.1, 0.15) is 5.56 Å². The minimum absolute atomic E-state index is 0.0760. The molecule has 0 aliphatic heterocycles. The highest BCUT2D eigenvalue weighted by molar-refractivity contribution is 6.31. The van der Waals surface area contributed by atoms with Crippen LogP contribution in [0.3, 0.4) is 0 Å². The van der Waals surface area contributed by atoms with Crippen molar-refractivity contribution >= 4 is 22.6 Å². The van der Waals surface area contributed by atoms with Crippen LogP contribution >= 0.6 is 11.6 Å². The number of halogens is 1. The van der Waals surface area contributed by atoms with Crippen molar-refractivity contribution in [2.75, 3.05) is 0 Å². The highest BCUT2D eigenvalue weighted by Crippen LogP contribution is 2.32. The van der Waals surface area contributed by atoms with E-state index in [-0.39, 0.29) is 11.2 Å². The van der Waals surface area contributed by atoms with E-state index in [0.717, 1.165) is 0 Å². The summed E-state index contributed by atoms with van der Waals surface area (Å²) in [6.07, 6.45) is 0. The molecule has 0 amide bonds. The Balaban J connectivity index is 2.39. The lowest BCUT2D eigenvalue weighted by Gasteiger charge is -2.08. The molecule has 1 N–H and O–H groups in total. The molecule has 0 spiro atoms. The summed E-state index contributed by atoms with van der Waals surface area (Å²) in [6.45, 7) is 1.67. The van der Waals surface area contributed by atoms with Gasteiger partial charge in [-0.15, -0.1) is 0 Å². The lowest BCUT2D eigenvalue weighted by atomic mass is 10.1. The average Bonchev–Trinajstić information content (AvgIpc) is 2.44. The van der Waals surface area contributed by atoms with E-state index in [9.17, 15) is 9.90 Å². The summed E-state index contributed by atoms with van der Waals surface area (Å²) in [5.74, 6) is 0.454. The van der Waals surface area contributed by atoms with Crippen LogP contribution in [0.4, 0.5) is 0 Å². The summed E-state index contributed by atoms with van der Waals surface area (Å²) >= 11 is 5.90. The van der Waals surface area contributed by atoms with Gasteiger partial charge >= 0.3 is 0 Å². The van der Waals surface area contributed by atoms with Crippen molar-refractivity contribution in [2.45, 2.75) is 6.92 Å². The van der Waals surface area contributed by atoms with Gasteiger partial charge in [0.2, 0.25) is 0 Å². The van der Waals surface area contributed by atoms with Crippen LogP contribution < -0.4 is 5.43 Å². The van der Waals surface area contributed by atoms with E-state index in [0.29, 0.717) is 32.9 Å². The van der Waals surface area contributed by atoms with Gasteiger partial charge in [-0.05, 0) is 37.3 Å². The monoisotopic (exact) mass is 286 g/mol. The smallest absolute Gasteiger partial charge is 0.196 e. The first-order chi connectivity index (χ1) is 9.58. The molecule has 0 bridgehead atoms. The standard InChI is InChI=1S/C16H11ClO3/c1-9-15(19)12-8-10(17)6-7-14(12)20-16(9)11-4-2-3-5-13(11)18/h2-8,18H,1H3. The summed E-state index contributed by atoms with van der Waals surface area (Å²) in [4.78, 5) is 12.4. The van der Waals surface area contributed by atoms with Crippen molar-refractivity contribution < 1.29 is 9.52 Å². The summed E-state index contributed by atoms with van der Waals surface area (Å²) in [5, 5.41) is 10.8. The maximum atomic E-state index is 12.4. The number of fused-ring (bicyclic) bond motifs is 1. The average molecular weight is 287 g/mol. The van der Waals surface area contributed by atoms with Crippen molar-refractivity contribution in [3.8, 4) is 17.1 Å². The fraction of sp³-hybridized carbons (Fsp3) is 0.0625. The largest absolute Gasteiger partial charge is 0.507 e. The minimum Gasteiger partial charge on any atom is -0.507 e. The second-order valence-corrected chi connectivity index (χ2v) is 4.98. The zero-order chi connectivity index (χ0) is 14.3. The maximum absolute atomic E-state index is 12.4. The zero-order valence-corrected chi connectivity index (χ0v) is 11.4. The Bertz CT molecular complexity index is 865. The Morgan fingerprint density at radius 3 is 2.65 bits per heavy atom. The Morgan fingerprint density at radius 2 is 1.90 bits per heavy atom. The number of phenols is 1. The molecule has 0 radical (unpaired) electrons. The van der Waals surface area contributed by atoms with Gasteiger partial charge in [-0.25, -0.2) is 0 Å². The van der Waals surface area contributed by atoms with Gasteiger partial charge in [-0.3, -0.25) is 4.79 Å². The van der Waals surface area contributed by atoms with Crippen molar-refractivity contribution in [3.05, 3.63) is 63.3 Å². The third-order valence-corrected chi connectivity index (χ3v) is 3.46. The molecule has 0 atom stereocenters. The number of benzene rings is 2. The summed E-state index contributed by atoms with van der Waals surface area (Å²) in [5.41, 5.74) is 1.25. The van der Waals surface area contributed by atoms with Crippen molar-refractivity contribution in [1.82, 2.24) is 0 Å². The van der Waals surface area contributed by atoms with Gasteiger partial charge < -0.3 is 9.52 Å². The number of para-hydroxylation sites is 1. The molecule has 0 aliphatic rings. The number of aromatic hydroxyl groups is 1. The molecule has 3 rings (SSSR count). The van der Waals surface area contributed by atoms with Gasteiger partial charge in [0.25, 0.3) is 0 Å². The number of hydrogen-bond acceptors (Lipinski definition) is 3. The first-order valence-corrected chi connectivity index (χ1v) is 6.47. The summed E-state index contributed by atoms with van der Waals surface area (Å²) in [6, 6.07) is 11.7. The van der Waals surface area contributed by atoms with Gasteiger partial charge in [0, 0.05) is 10.6 Å². The normalized spacial score (nSPS) is 10.9. The zero-order valence-electron chi connectivity index (χ0n) is 10.7. The lowest BCUT2D eigenvalue weighted by Crippen LogP contribution is -2.07. The molecule has 3 nitrogen and oxygen atoms in total. The number of hydrogen-bond donors (Lipinski definition) is 1. The first-order valence-electron chi connectivity index (χ1n) is 6.09. The van der Waals surface area contributed by atoms with Gasteiger partial charge in [-0.2, -0.15) is 0 Å². The van der Waals surface area contributed by atoms with Crippen LogP contribution in [0.25, 0.3) is 22.3 Å². The molecule has 1 heterocycles. The molecule has 0 saturated heterocycles. The third-order valence-electron chi connectivity index (χ3n) is 3.23. The molecule has 100 valence electrons. The number of phenolic OH excluding ortho intramolecular Hbond substituents is 1. The van der Waals surface area contributed by atoms with E-state index in [4.69, 9.17) is 16.0 Å². The molecular weight excluding hydrogens is 276 g/mol. The fourth-order valence-electron chi connectivity index (χ4n) is 2.18. The highest BCUT2D eigenvalue weighted by Gasteiger charge is 2.15. The molecule has 0 saturated carbocycles. The quantitative estimate of drug-likeness (QED) is 0.732. The van der Waals surface area contributed by atoms with E-state index >= 15 is 0 Å². The predicted octanol–water partition coefficient (Wildman–Crippen LogP) is 4.13. The lowest BCUT2D eigenvalue weighted by molar-refractivity contribution is 0.474. The maximum Gasteiger partial charge on any atom is 0.196 e. The van der Waals surface area contributed by atoms with Gasteiger partial charge in [0.1, 0.15) is 17.1 Å². The fourth-order valence-corrected chi connectivity index (χ4v) is 2.36. The number of rotatable bonds is 1. The molecular formula is C16H11ClO3. The molecule has 20 heavy (non-hydrogen) atoms. The van der Waals surface area contributed by atoms with Gasteiger partial charge in [0.15, 0.2) is 5.43 Å². The van der Waals surface area contributed by atoms with Crippen LogP contribution in [-0.2, 0) is 0 Å². The molecule has 0 fully saturated rings. The van der Waals surface area contributed by atoms with E-state index in [1.54, 1.807) is 49.4 Å². The van der Waals surface area contributed by atoms with E-state index < -0.39 is 0 Å². The third kappa shape index (κ3) is 1.96. The highest BCUT2D eigenvalue weighted by atomic mass is 35.5. The van der Waals surface area contributed by atoms with E-state index in [1.165, 1.54) is 0 Å². The van der Waals surface area contributed by atoms with Crippen LogP contribution in [0, 0.1) is 6.92 Å². The van der Waals surface area contributed by atoms with Crippen molar-refractivity contribution in [1.29, 1.82) is 0 Å². The van der Waals surface area contributed by atoms with Gasteiger partial charge in [-0.1, -0.05) is 23.7 Å². The predicted molar refractivity (Wildman–Crippen MR) is 79.3 cm³/mol. The van der Waals surface area contributed by atoms with Crippen LogP contribution in [-0.4, -0.2) is 5.11 Å². The second kappa shape index (κ2) is 4.69. The first kappa shape index (κ1) is 12.8. The van der Waals surface area contributed by atoms with Gasteiger partial charge in [0.05, 0.1) is 10.9 Å². The topological polar surface area (TPSA) is 50.4 Å². The Morgan fingerprint density at radius 1 is 1.15 bits per heavy atom. The molecule has 2 aromatic carbocycles. The molecule has 1 aromatic heterocycles. The second-order valence-electron chi connectivity index (χ2n) is 4.54. The van der Waals surface area contributed by atoms with Crippen molar-refractivity contribution in [3.63, 3.8) is 0 Å². The summed E-state index contributed by atoms with van der Waals surface area (Å²) < 4.78 is 5.78. The summed E-state index contributed by atoms with van der Waals surface area (Å²) in [7, 11) is 0. The molecule has 0 unspecified atom stereocenters. The van der Waals surface area contributed by atoms with E-state index in [2.05, 4.69) is 0 Å². The van der Waals surface area contributed by atoms with Crippen LogP contribution in [0.2, 0.25) is 5.02 Å². The Labute approximate surface area is 120 Å². The van der Waals surface area contributed by atoms with E-state index in [1.807, 2.05) is 0 Å². The Kier molecular flexibility index (Phi) is 2.99. The SMILES string of the molecule is Cc1c(-c2ccccc2O)oc2ccc(Cl)cc2c1=O.